The Hall–Kier alpha value is -1.76. The molecule has 4 heteroatoms. The lowest BCUT2D eigenvalue weighted by atomic mass is 10.3. The largest absolute Gasteiger partial charge is 0.469 e. The molecule has 0 radical (unpaired) electrons. The quantitative estimate of drug-likeness (QED) is 0.676. The molecule has 0 N–H and O–H groups in total. The molecule has 74 valence electrons. The predicted molar refractivity (Wildman–Crippen MR) is 50.4 cm³/mol. The standard InChI is InChI=1S/C10H12N2O2/c1-14-10(13)5-3-7-12-6-2-4-9(12)8-11/h2,4,6H,3,5,7H2,1H3. The number of hydrogen-bond acceptors (Lipinski definition) is 3. The molecule has 0 aliphatic rings. The van der Waals surface area contributed by atoms with E-state index in [1.54, 1.807) is 6.07 Å². The zero-order valence-electron chi connectivity index (χ0n) is 8.06. The van der Waals surface area contributed by atoms with Gasteiger partial charge in [0.25, 0.3) is 0 Å². The molecule has 1 aromatic rings. The third-order valence-corrected chi connectivity index (χ3v) is 1.95. The minimum atomic E-state index is -0.212. The lowest BCUT2D eigenvalue weighted by Gasteiger charge is -2.03. The first-order valence-electron chi connectivity index (χ1n) is 4.40. The molecule has 0 amide bonds. The van der Waals surface area contributed by atoms with Crippen LogP contribution in [0.2, 0.25) is 0 Å². The number of ether oxygens (including phenoxy) is 1. The number of carbonyl (C=O) groups excluding carboxylic acids is 1. The second kappa shape index (κ2) is 5.07. The zero-order chi connectivity index (χ0) is 10.4. The number of rotatable bonds is 4. The summed E-state index contributed by atoms with van der Waals surface area (Å²) in [6, 6.07) is 5.64. The Morgan fingerprint density at radius 1 is 1.71 bits per heavy atom. The van der Waals surface area contributed by atoms with Crippen molar-refractivity contribution < 1.29 is 9.53 Å². The van der Waals surface area contributed by atoms with E-state index in [0.29, 0.717) is 25.1 Å². The summed E-state index contributed by atoms with van der Waals surface area (Å²) in [5.41, 5.74) is 0.620. The molecule has 1 heterocycles. The van der Waals surface area contributed by atoms with E-state index in [9.17, 15) is 4.79 Å². The number of aryl methyl sites for hydroxylation is 1. The highest BCUT2D eigenvalue weighted by molar-refractivity contribution is 5.68. The van der Waals surface area contributed by atoms with Gasteiger partial charge in [-0.1, -0.05) is 0 Å². The van der Waals surface area contributed by atoms with Crippen molar-refractivity contribution >= 4 is 5.97 Å². The van der Waals surface area contributed by atoms with Crippen LogP contribution in [0, 0.1) is 11.3 Å². The van der Waals surface area contributed by atoms with E-state index in [2.05, 4.69) is 10.8 Å². The van der Waals surface area contributed by atoms with Crippen molar-refractivity contribution in [3.8, 4) is 6.07 Å². The maximum atomic E-state index is 10.8. The van der Waals surface area contributed by atoms with Gasteiger partial charge in [0.1, 0.15) is 11.8 Å². The molecule has 1 rings (SSSR count). The summed E-state index contributed by atoms with van der Waals surface area (Å²) < 4.78 is 6.34. The van der Waals surface area contributed by atoms with E-state index < -0.39 is 0 Å². The Kier molecular flexibility index (Phi) is 3.74. The van der Waals surface area contributed by atoms with Gasteiger partial charge in [0.05, 0.1) is 7.11 Å². The molecule has 4 nitrogen and oxygen atoms in total. The van der Waals surface area contributed by atoms with E-state index in [0.717, 1.165) is 0 Å². The van der Waals surface area contributed by atoms with Crippen LogP contribution < -0.4 is 0 Å². The maximum Gasteiger partial charge on any atom is 0.305 e. The molecule has 0 atom stereocenters. The fraction of sp³-hybridized carbons (Fsp3) is 0.400. The Morgan fingerprint density at radius 3 is 3.14 bits per heavy atom. The third-order valence-electron chi connectivity index (χ3n) is 1.95. The van der Waals surface area contributed by atoms with Crippen LogP contribution in [0.25, 0.3) is 0 Å². The second-order valence-electron chi connectivity index (χ2n) is 2.88. The van der Waals surface area contributed by atoms with Gasteiger partial charge in [0, 0.05) is 19.2 Å². The van der Waals surface area contributed by atoms with Gasteiger partial charge in [0.2, 0.25) is 0 Å². The normalized spacial score (nSPS) is 9.43. The van der Waals surface area contributed by atoms with Crippen molar-refractivity contribution in [3.63, 3.8) is 0 Å². The summed E-state index contributed by atoms with van der Waals surface area (Å²) in [5.74, 6) is -0.212. The van der Waals surface area contributed by atoms with Gasteiger partial charge >= 0.3 is 5.97 Å². The van der Waals surface area contributed by atoms with Crippen LogP contribution in [-0.2, 0) is 16.1 Å². The Bertz CT molecular complexity index is 349. The fourth-order valence-electron chi connectivity index (χ4n) is 1.21. The van der Waals surface area contributed by atoms with Gasteiger partial charge in [-0.25, -0.2) is 0 Å². The minimum absolute atomic E-state index is 0.212. The summed E-state index contributed by atoms with van der Waals surface area (Å²) in [6.45, 7) is 0.672. The van der Waals surface area contributed by atoms with Gasteiger partial charge in [0.15, 0.2) is 0 Å². The molecule has 0 saturated carbocycles. The van der Waals surface area contributed by atoms with Crippen LogP contribution in [0.3, 0.4) is 0 Å². The number of esters is 1. The van der Waals surface area contributed by atoms with Crippen LogP contribution in [0.5, 0.6) is 0 Å². The van der Waals surface area contributed by atoms with Crippen LogP contribution in [0.4, 0.5) is 0 Å². The second-order valence-corrected chi connectivity index (χ2v) is 2.88. The zero-order valence-corrected chi connectivity index (χ0v) is 8.06. The number of methoxy groups -OCH3 is 1. The average Bonchev–Trinajstić information content (AvgIpc) is 2.65. The molecule has 0 unspecified atom stereocenters. The number of aromatic nitrogens is 1. The number of hydrogen-bond donors (Lipinski definition) is 0. The molecule has 0 bridgehead atoms. The number of nitrogens with zero attached hydrogens (tertiary/aromatic N) is 2. The molecular weight excluding hydrogens is 180 g/mol. The van der Waals surface area contributed by atoms with Gasteiger partial charge in [-0.3, -0.25) is 4.79 Å². The third kappa shape index (κ3) is 2.63. The molecule has 0 aliphatic heterocycles. The smallest absolute Gasteiger partial charge is 0.305 e. The molecule has 0 saturated heterocycles. The van der Waals surface area contributed by atoms with Crippen molar-refractivity contribution in [2.45, 2.75) is 19.4 Å². The highest BCUT2D eigenvalue weighted by Gasteiger charge is 2.02. The topological polar surface area (TPSA) is 55.0 Å². The Balaban J connectivity index is 2.39. The first-order chi connectivity index (χ1) is 6.77. The fourth-order valence-corrected chi connectivity index (χ4v) is 1.21. The summed E-state index contributed by atoms with van der Waals surface area (Å²) in [4.78, 5) is 10.8. The van der Waals surface area contributed by atoms with Gasteiger partial charge < -0.3 is 9.30 Å². The number of nitriles is 1. The van der Waals surface area contributed by atoms with E-state index in [1.807, 2.05) is 16.8 Å². The maximum absolute atomic E-state index is 10.8. The van der Waals surface area contributed by atoms with Crippen molar-refractivity contribution in [2.75, 3.05) is 7.11 Å². The molecular formula is C10H12N2O2. The molecule has 0 aliphatic carbocycles. The average molecular weight is 192 g/mol. The molecule has 0 spiro atoms. The predicted octanol–water partition coefficient (Wildman–Crippen LogP) is 1.31. The van der Waals surface area contributed by atoms with Gasteiger partial charge in [-0.05, 0) is 18.6 Å². The van der Waals surface area contributed by atoms with Crippen molar-refractivity contribution in [1.29, 1.82) is 5.26 Å². The van der Waals surface area contributed by atoms with E-state index in [1.165, 1.54) is 7.11 Å². The van der Waals surface area contributed by atoms with Crippen LogP contribution >= 0.6 is 0 Å². The minimum Gasteiger partial charge on any atom is -0.469 e. The monoisotopic (exact) mass is 192 g/mol. The van der Waals surface area contributed by atoms with E-state index >= 15 is 0 Å². The van der Waals surface area contributed by atoms with Crippen LogP contribution in [0.15, 0.2) is 18.3 Å². The highest BCUT2D eigenvalue weighted by atomic mass is 16.5. The first-order valence-corrected chi connectivity index (χ1v) is 4.40. The van der Waals surface area contributed by atoms with Crippen molar-refractivity contribution in [1.82, 2.24) is 4.57 Å². The van der Waals surface area contributed by atoms with Gasteiger partial charge in [-0.2, -0.15) is 5.26 Å². The van der Waals surface area contributed by atoms with Gasteiger partial charge in [-0.15, -0.1) is 0 Å². The molecule has 1 aromatic heterocycles. The van der Waals surface area contributed by atoms with Crippen LogP contribution in [0.1, 0.15) is 18.5 Å². The molecule has 0 fully saturated rings. The van der Waals surface area contributed by atoms with E-state index in [4.69, 9.17) is 5.26 Å². The molecule has 14 heavy (non-hydrogen) atoms. The lowest BCUT2D eigenvalue weighted by Crippen LogP contribution is -2.04. The summed E-state index contributed by atoms with van der Waals surface area (Å²) in [7, 11) is 1.37. The SMILES string of the molecule is COC(=O)CCCn1cccc1C#N. The van der Waals surface area contributed by atoms with Crippen molar-refractivity contribution in [3.05, 3.63) is 24.0 Å². The first kappa shape index (κ1) is 10.3. The van der Waals surface area contributed by atoms with E-state index in [-0.39, 0.29) is 5.97 Å². The lowest BCUT2D eigenvalue weighted by molar-refractivity contribution is -0.140. The Labute approximate surface area is 82.7 Å². The summed E-state index contributed by atoms with van der Waals surface area (Å²) >= 11 is 0. The van der Waals surface area contributed by atoms with Crippen LogP contribution in [-0.4, -0.2) is 17.6 Å². The van der Waals surface area contributed by atoms with Crippen molar-refractivity contribution in [2.24, 2.45) is 0 Å². The number of carbonyl (C=O) groups is 1. The summed E-state index contributed by atoms with van der Waals surface area (Å²) in [6.07, 6.45) is 2.91. The Morgan fingerprint density at radius 2 is 2.50 bits per heavy atom. The molecule has 0 aromatic carbocycles. The highest BCUT2D eigenvalue weighted by Crippen LogP contribution is 2.03. The summed E-state index contributed by atoms with van der Waals surface area (Å²) in [5, 5.41) is 8.70.